The summed E-state index contributed by atoms with van der Waals surface area (Å²) in [6.45, 7) is 2.78. The van der Waals surface area contributed by atoms with Crippen LogP contribution in [0.5, 0.6) is 0 Å². The average Bonchev–Trinajstić information content (AvgIpc) is 2.54. The Bertz CT molecular complexity index is 739. The number of hydrogen-bond donors (Lipinski definition) is 3. The molecule has 148 valence electrons. The maximum absolute atomic E-state index is 12.6. The van der Waals surface area contributed by atoms with Crippen LogP contribution in [0.1, 0.15) is 43.5 Å². The largest absolute Gasteiger partial charge is 0.481 e. The van der Waals surface area contributed by atoms with Crippen molar-refractivity contribution in [2.24, 2.45) is 0 Å². The molecule has 0 aliphatic heterocycles. The molecule has 1 rings (SSSR count). The van der Waals surface area contributed by atoms with Gasteiger partial charge in [0.05, 0.1) is 34.3 Å². The highest BCUT2D eigenvalue weighted by molar-refractivity contribution is 14.1. The molecule has 0 radical (unpaired) electrons. The van der Waals surface area contributed by atoms with E-state index in [-0.39, 0.29) is 30.4 Å². The van der Waals surface area contributed by atoms with Gasteiger partial charge in [-0.15, -0.1) is 0 Å². The number of benzene rings is 1. The Morgan fingerprint density at radius 2 is 1.37 bits per heavy atom. The number of carbonyl (C=O) groups excluding carboxylic acids is 3. The van der Waals surface area contributed by atoms with Crippen molar-refractivity contribution < 1.29 is 29.0 Å². The standard InChI is InChI=1S/C16H17I3N2O6/c1-7(22)20-14-11(17)10(12(18)15(13(14)19)21-8(2)23)16(26)27-6-4-3-5-9(24)25/h3-6H2,1-2H3,(H,20,22)(H,21,23)(H,24,25). The zero-order chi connectivity index (χ0) is 20.7. The molecule has 8 nitrogen and oxygen atoms in total. The van der Waals surface area contributed by atoms with Crippen molar-refractivity contribution in [3.8, 4) is 0 Å². The number of nitrogens with one attached hydrogen (secondary N) is 2. The van der Waals surface area contributed by atoms with Gasteiger partial charge >= 0.3 is 11.9 Å². The van der Waals surface area contributed by atoms with E-state index in [1.165, 1.54) is 13.8 Å². The van der Waals surface area contributed by atoms with Gasteiger partial charge in [-0.2, -0.15) is 0 Å². The minimum atomic E-state index is -0.900. The van der Waals surface area contributed by atoms with Crippen LogP contribution >= 0.6 is 67.8 Å². The van der Waals surface area contributed by atoms with Crippen molar-refractivity contribution in [3.05, 3.63) is 16.3 Å². The minimum absolute atomic E-state index is 0.00944. The van der Waals surface area contributed by atoms with E-state index in [0.717, 1.165) is 0 Å². The lowest BCUT2D eigenvalue weighted by molar-refractivity contribution is -0.137. The molecule has 0 saturated heterocycles. The summed E-state index contributed by atoms with van der Waals surface area (Å²) in [4.78, 5) is 46.2. The van der Waals surface area contributed by atoms with Crippen molar-refractivity contribution in [1.29, 1.82) is 0 Å². The molecule has 2 amide bonds. The molecule has 0 aliphatic carbocycles. The van der Waals surface area contributed by atoms with Crippen LogP contribution in [0.2, 0.25) is 0 Å². The van der Waals surface area contributed by atoms with Crippen molar-refractivity contribution in [2.45, 2.75) is 33.1 Å². The third-order valence-electron chi connectivity index (χ3n) is 3.14. The molecule has 0 unspecified atom stereocenters. The van der Waals surface area contributed by atoms with E-state index in [2.05, 4.69) is 10.6 Å². The van der Waals surface area contributed by atoms with Gasteiger partial charge in [-0.3, -0.25) is 14.4 Å². The van der Waals surface area contributed by atoms with E-state index in [1.807, 2.05) is 67.8 Å². The maximum atomic E-state index is 12.6. The van der Waals surface area contributed by atoms with Gasteiger partial charge in [0, 0.05) is 20.3 Å². The fraction of sp³-hybridized carbons (Fsp3) is 0.375. The molecule has 0 saturated carbocycles. The number of aliphatic carboxylic acids is 1. The highest BCUT2D eigenvalue weighted by Crippen LogP contribution is 2.39. The molecule has 0 bridgehead atoms. The van der Waals surface area contributed by atoms with Crippen LogP contribution in [0.25, 0.3) is 0 Å². The van der Waals surface area contributed by atoms with Gasteiger partial charge < -0.3 is 20.5 Å². The van der Waals surface area contributed by atoms with Gasteiger partial charge in [-0.25, -0.2) is 4.79 Å². The van der Waals surface area contributed by atoms with Crippen LogP contribution < -0.4 is 10.6 Å². The Labute approximate surface area is 197 Å². The predicted molar refractivity (Wildman–Crippen MR) is 125 cm³/mol. The number of ether oxygens (including phenoxy) is 1. The zero-order valence-corrected chi connectivity index (χ0v) is 20.9. The summed E-state index contributed by atoms with van der Waals surface area (Å²) in [5.41, 5.74) is 1.08. The van der Waals surface area contributed by atoms with Crippen LogP contribution in [0.3, 0.4) is 0 Å². The first-order chi connectivity index (χ1) is 12.6. The second-order valence-corrected chi connectivity index (χ2v) is 8.65. The second kappa shape index (κ2) is 11.3. The van der Waals surface area contributed by atoms with Gasteiger partial charge in [-0.1, -0.05) is 0 Å². The summed E-state index contributed by atoms with van der Waals surface area (Å²) in [7, 11) is 0. The Morgan fingerprint density at radius 3 is 1.78 bits per heavy atom. The summed E-state index contributed by atoms with van der Waals surface area (Å²) in [6.07, 6.45) is 0.833. The minimum Gasteiger partial charge on any atom is -0.481 e. The molecular weight excluding hydrogens is 697 g/mol. The van der Waals surface area contributed by atoms with E-state index in [4.69, 9.17) is 9.84 Å². The molecule has 0 heterocycles. The lowest BCUT2D eigenvalue weighted by Crippen LogP contribution is -2.19. The Morgan fingerprint density at radius 1 is 0.889 bits per heavy atom. The van der Waals surface area contributed by atoms with Gasteiger partial charge in [0.1, 0.15) is 0 Å². The molecule has 27 heavy (non-hydrogen) atoms. The van der Waals surface area contributed by atoms with Gasteiger partial charge in [0.2, 0.25) is 11.8 Å². The van der Waals surface area contributed by atoms with E-state index >= 15 is 0 Å². The van der Waals surface area contributed by atoms with Crippen LogP contribution in [-0.4, -0.2) is 35.5 Å². The summed E-state index contributed by atoms with van der Waals surface area (Å²) in [6, 6.07) is 0. The SMILES string of the molecule is CC(=O)Nc1c(I)c(NC(C)=O)c(I)c(C(=O)OCCCCC(=O)O)c1I. The Kier molecular flexibility index (Phi) is 10.2. The molecule has 3 N–H and O–H groups in total. The zero-order valence-electron chi connectivity index (χ0n) is 14.5. The first kappa shape index (κ1) is 24.3. The lowest BCUT2D eigenvalue weighted by Gasteiger charge is -2.19. The van der Waals surface area contributed by atoms with Crippen molar-refractivity contribution in [1.82, 2.24) is 0 Å². The van der Waals surface area contributed by atoms with E-state index in [0.29, 0.717) is 34.9 Å². The molecule has 0 atom stereocenters. The van der Waals surface area contributed by atoms with E-state index in [1.54, 1.807) is 0 Å². The number of amides is 2. The van der Waals surface area contributed by atoms with Crippen LogP contribution in [-0.2, 0) is 19.1 Å². The summed E-state index contributed by atoms with van der Waals surface area (Å²) in [5.74, 6) is -2.13. The Hall–Kier alpha value is -0.710. The smallest absolute Gasteiger partial charge is 0.340 e. The molecule has 11 heteroatoms. The number of rotatable bonds is 8. The number of esters is 1. The van der Waals surface area contributed by atoms with Gasteiger partial charge in [0.15, 0.2) is 0 Å². The molecule has 0 aromatic heterocycles. The molecule has 0 spiro atoms. The summed E-state index contributed by atoms with van der Waals surface area (Å²) < 4.78 is 6.87. The first-order valence-corrected chi connectivity index (χ1v) is 10.9. The van der Waals surface area contributed by atoms with Gasteiger partial charge in [-0.05, 0) is 80.6 Å². The van der Waals surface area contributed by atoms with Crippen molar-refractivity contribution in [3.63, 3.8) is 0 Å². The first-order valence-electron chi connectivity index (χ1n) is 7.70. The lowest BCUT2D eigenvalue weighted by atomic mass is 10.1. The van der Waals surface area contributed by atoms with Crippen LogP contribution in [0, 0.1) is 10.7 Å². The normalized spacial score (nSPS) is 10.3. The predicted octanol–water partition coefficient (Wildman–Crippen LogP) is 3.83. The number of carboxylic acids is 1. The number of halogens is 3. The highest BCUT2D eigenvalue weighted by atomic mass is 127. The van der Waals surface area contributed by atoms with Crippen molar-refractivity contribution in [2.75, 3.05) is 17.2 Å². The average molecular weight is 714 g/mol. The van der Waals surface area contributed by atoms with E-state index < -0.39 is 11.9 Å². The number of anilines is 2. The van der Waals surface area contributed by atoms with Crippen LogP contribution in [0.15, 0.2) is 0 Å². The number of hydrogen-bond acceptors (Lipinski definition) is 5. The fourth-order valence-corrected chi connectivity index (χ4v) is 6.18. The molecule has 0 aliphatic rings. The maximum Gasteiger partial charge on any atom is 0.340 e. The highest BCUT2D eigenvalue weighted by Gasteiger charge is 2.26. The van der Waals surface area contributed by atoms with E-state index in [9.17, 15) is 19.2 Å². The quantitative estimate of drug-likeness (QED) is 0.214. The van der Waals surface area contributed by atoms with Crippen LogP contribution in [0.4, 0.5) is 11.4 Å². The molecule has 0 fully saturated rings. The van der Waals surface area contributed by atoms with Gasteiger partial charge in [0.25, 0.3) is 0 Å². The monoisotopic (exact) mass is 714 g/mol. The number of carboxylic acid groups (broad SMARTS) is 1. The molecule has 1 aromatic rings. The molecule has 1 aromatic carbocycles. The number of unbranched alkanes of at least 4 members (excludes halogenated alkanes) is 1. The summed E-state index contributed by atoms with van der Waals surface area (Å²) >= 11 is 5.90. The topological polar surface area (TPSA) is 122 Å². The summed E-state index contributed by atoms with van der Waals surface area (Å²) in [5, 5.41) is 14.0. The second-order valence-electron chi connectivity index (χ2n) is 5.42. The fourth-order valence-electron chi connectivity index (χ4n) is 2.03. The number of carbonyl (C=O) groups is 4. The Balaban J connectivity index is 3.19. The third-order valence-corrected chi connectivity index (χ3v) is 6.38. The molecular formula is C16H17I3N2O6. The van der Waals surface area contributed by atoms with Crippen molar-refractivity contribution >= 4 is 103 Å². The third kappa shape index (κ3) is 7.32.